The fraction of sp³-hybridized carbons (Fsp3) is 1.00. The molecular formula is C12H24N2O2S. The van der Waals surface area contributed by atoms with E-state index in [1.165, 1.54) is 19.3 Å². The minimum Gasteiger partial charge on any atom is -0.329 e. The molecule has 0 aromatic heterocycles. The van der Waals surface area contributed by atoms with Crippen molar-refractivity contribution in [1.29, 1.82) is 0 Å². The van der Waals surface area contributed by atoms with Crippen LogP contribution in [-0.2, 0) is 10.0 Å². The van der Waals surface area contributed by atoms with E-state index in [1.807, 2.05) is 6.92 Å². The summed E-state index contributed by atoms with van der Waals surface area (Å²) in [4.78, 5) is 0. The minimum absolute atomic E-state index is 0.243. The maximum absolute atomic E-state index is 12.5. The molecule has 0 spiro atoms. The van der Waals surface area contributed by atoms with E-state index < -0.39 is 10.0 Å². The topological polar surface area (TPSA) is 63.4 Å². The zero-order valence-electron chi connectivity index (χ0n) is 10.6. The van der Waals surface area contributed by atoms with E-state index >= 15 is 0 Å². The van der Waals surface area contributed by atoms with Crippen molar-refractivity contribution in [3.63, 3.8) is 0 Å². The van der Waals surface area contributed by atoms with E-state index in [0.29, 0.717) is 18.9 Å². The van der Waals surface area contributed by atoms with Crippen LogP contribution in [0, 0.1) is 5.92 Å². The molecule has 0 aromatic rings. The molecule has 0 radical (unpaired) electrons. The molecule has 3 atom stereocenters. The third-order valence-electron chi connectivity index (χ3n) is 4.43. The monoisotopic (exact) mass is 260 g/mol. The lowest BCUT2D eigenvalue weighted by atomic mass is 9.86. The highest BCUT2D eigenvalue weighted by Gasteiger charge is 2.43. The van der Waals surface area contributed by atoms with Gasteiger partial charge in [-0.2, -0.15) is 4.31 Å². The largest absolute Gasteiger partial charge is 0.329 e. The van der Waals surface area contributed by atoms with Gasteiger partial charge in [-0.25, -0.2) is 8.42 Å². The van der Waals surface area contributed by atoms with Gasteiger partial charge in [0.15, 0.2) is 0 Å². The minimum atomic E-state index is -3.16. The molecule has 2 rings (SSSR count). The number of sulfonamides is 1. The molecule has 0 aromatic carbocycles. The van der Waals surface area contributed by atoms with E-state index in [2.05, 4.69) is 0 Å². The second kappa shape index (κ2) is 5.24. The van der Waals surface area contributed by atoms with Crippen molar-refractivity contribution >= 4 is 10.0 Å². The smallest absolute Gasteiger partial charge is 0.218 e. The van der Waals surface area contributed by atoms with Crippen LogP contribution in [-0.4, -0.2) is 37.1 Å². The van der Waals surface area contributed by atoms with Crippen molar-refractivity contribution in [3.05, 3.63) is 0 Å². The Hall–Kier alpha value is -0.130. The molecule has 1 heterocycles. The van der Waals surface area contributed by atoms with Crippen LogP contribution >= 0.6 is 0 Å². The fourth-order valence-electron chi connectivity index (χ4n) is 3.37. The molecule has 2 N–H and O–H groups in total. The standard InChI is InChI=1S/C12H24N2O2S/c1-2-11(9-13)17(15,16)14-8-7-10-5-3-4-6-12(10)14/h10-12H,2-9,13H2,1H3. The summed E-state index contributed by atoms with van der Waals surface area (Å²) < 4.78 is 26.8. The van der Waals surface area contributed by atoms with E-state index in [9.17, 15) is 8.42 Å². The lowest BCUT2D eigenvalue weighted by Gasteiger charge is -2.33. The van der Waals surface area contributed by atoms with Gasteiger partial charge in [0.05, 0.1) is 5.25 Å². The third-order valence-corrected chi connectivity index (χ3v) is 6.90. The highest BCUT2D eigenvalue weighted by molar-refractivity contribution is 7.89. The Labute approximate surface area is 105 Å². The van der Waals surface area contributed by atoms with E-state index in [-0.39, 0.29) is 17.8 Å². The first-order chi connectivity index (χ1) is 8.11. The zero-order chi connectivity index (χ0) is 12.5. The SMILES string of the molecule is CCC(CN)S(=O)(=O)N1CCC2CCCCC21. The summed E-state index contributed by atoms with van der Waals surface area (Å²) in [6.45, 7) is 2.87. The maximum Gasteiger partial charge on any atom is 0.218 e. The Bertz CT molecular complexity index is 352. The summed E-state index contributed by atoms with van der Waals surface area (Å²) in [5.74, 6) is 0.605. The number of fused-ring (bicyclic) bond motifs is 1. The molecular weight excluding hydrogens is 236 g/mol. The molecule has 1 aliphatic heterocycles. The Balaban J connectivity index is 2.16. The van der Waals surface area contributed by atoms with Crippen molar-refractivity contribution in [2.45, 2.75) is 56.7 Å². The number of nitrogens with two attached hydrogens (primary N) is 1. The highest BCUT2D eigenvalue weighted by Crippen LogP contribution is 2.38. The van der Waals surface area contributed by atoms with Crippen LogP contribution in [0.5, 0.6) is 0 Å². The molecule has 0 amide bonds. The normalized spacial score (nSPS) is 32.4. The van der Waals surface area contributed by atoms with E-state index in [4.69, 9.17) is 5.73 Å². The van der Waals surface area contributed by atoms with Gasteiger partial charge in [0.2, 0.25) is 10.0 Å². The van der Waals surface area contributed by atoms with Gasteiger partial charge in [-0.15, -0.1) is 0 Å². The highest BCUT2D eigenvalue weighted by atomic mass is 32.2. The van der Waals surface area contributed by atoms with Crippen LogP contribution in [0.4, 0.5) is 0 Å². The van der Waals surface area contributed by atoms with Crippen LogP contribution < -0.4 is 5.73 Å². The van der Waals surface area contributed by atoms with Crippen LogP contribution in [0.25, 0.3) is 0 Å². The summed E-state index contributed by atoms with van der Waals surface area (Å²) in [6, 6.07) is 0.273. The third kappa shape index (κ3) is 2.37. The van der Waals surface area contributed by atoms with Crippen LogP contribution in [0.2, 0.25) is 0 Å². The average molecular weight is 260 g/mol. The molecule has 1 saturated carbocycles. The molecule has 1 saturated heterocycles. The van der Waals surface area contributed by atoms with Crippen molar-refractivity contribution in [2.24, 2.45) is 11.7 Å². The molecule has 5 heteroatoms. The number of hydrogen-bond acceptors (Lipinski definition) is 3. The molecule has 2 fully saturated rings. The second-order valence-corrected chi connectivity index (χ2v) is 7.49. The fourth-order valence-corrected chi connectivity index (χ4v) is 5.43. The van der Waals surface area contributed by atoms with Gasteiger partial charge in [-0.05, 0) is 31.6 Å². The van der Waals surface area contributed by atoms with Gasteiger partial charge in [-0.1, -0.05) is 19.8 Å². The Morgan fingerprint density at radius 1 is 1.29 bits per heavy atom. The van der Waals surface area contributed by atoms with Crippen LogP contribution in [0.15, 0.2) is 0 Å². The number of nitrogens with zero attached hydrogens (tertiary/aromatic N) is 1. The van der Waals surface area contributed by atoms with Gasteiger partial charge >= 0.3 is 0 Å². The molecule has 17 heavy (non-hydrogen) atoms. The lowest BCUT2D eigenvalue weighted by Crippen LogP contribution is -2.46. The van der Waals surface area contributed by atoms with Crippen LogP contribution in [0.1, 0.15) is 45.4 Å². The first-order valence-corrected chi connectivity index (χ1v) is 8.32. The van der Waals surface area contributed by atoms with Gasteiger partial charge in [0.1, 0.15) is 0 Å². The maximum atomic E-state index is 12.5. The van der Waals surface area contributed by atoms with E-state index in [0.717, 1.165) is 12.8 Å². The van der Waals surface area contributed by atoms with Crippen molar-refractivity contribution in [3.8, 4) is 0 Å². The summed E-state index contributed by atoms with van der Waals surface area (Å²) in [6.07, 6.45) is 6.36. The molecule has 0 bridgehead atoms. The quantitative estimate of drug-likeness (QED) is 0.829. The molecule has 2 aliphatic rings. The molecule has 4 nitrogen and oxygen atoms in total. The second-order valence-electron chi connectivity index (χ2n) is 5.32. The zero-order valence-corrected chi connectivity index (χ0v) is 11.5. The average Bonchev–Trinajstić information content (AvgIpc) is 2.74. The lowest BCUT2D eigenvalue weighted by molar-refractivity contribution is 0.258. The molecule has 100 valence electrons. The number of hydrogen-bond donors (Lipinski definition) is 1. The van der Waals surface area contributed by atoms with Crippen molar-refractivity contribution in [2.75, 3.05) is 13.1 Å². The van der Waals surface area contributed by atoms with Gasteiger partial charge in [0, 0.05) is 19.1 Å². The van der Waals surface area contributed by atoms with Crippen molar-refractivity contribution in [1.82, 2.24) is 4.31 Å². The summed E-state index contributed by atoms with van der Waals surface area (Å²) in [7, 11) is -3.16. The first-order valence-electron chi connectivity index (χ1n) is 6.82. The first kappa shape index (κ1) is 13.3. The molecule has 3 unspecified atom stereocenters. The van der Waals surface area contributed by atoms with Gasteiger partial charge in [0.25, 0.3) is 0 Å². The summed E-state index contributed by atoms with van der Waals surface area (Å²) in [5.41, 5.74) is 5.60. The van der Waals surface area contributed by atoms with Gasteiger partial charge < -0.3 is 5.73 Å². The van der Waals surface area contributed by atoms with Gasteiger partial charge in [-0.3, -0.25) is 0 Å². The Morgan fingerprint density at radius 3 is 2.65 bits per heavy atom. The van der Waals surface area contributed by atoms with E-state index in [1.54, 1.807) is 4.31 Å². The van der Waals surface area contributed by atoms with Crippen LogP contribution in [0.3, 0.4) is 0 Å². The predicted octanol–water partition coefficient (Wildman–Crippen LogP) is 1.32. The summed E-state index contributed by atoms with van der Waals surface area (Å²) >= 11 is 0. The Morgan fingerprint density at radius 2 is 2.00 bits per heavy atom. The molecule has 1 aliphatic carbocycles. The predicted molar refractivity (Wildman–Crippen MR) is 69.1 cm³/mol. The number of rotatable bonds is 4. The summed E-state index contributed by atoms with van der Waals surface area (Å²) in [5, 5.41) is -0.386. The van der Waals surface area contributed by atoms with Crippen molar-refractivity contribution < 1.29 is 8.42 Å². The Kier molecular flexibility index (Phi) is 4.10.